The molecule has 1 amide bonds. The zero-order valence-corrected chi connectivity index (χ0v) is 13.7. The van der Waals surface area contributed by atoms with Gasteiger partial charge in [-0.05, 0) is 35.9 Å². The third kappa shape index (κ3) is 4.30. The van der Waals surface area contributed by atoms with Crippen LogP contribution in [0.1, 0.15) is 17.4 Å². The molecule has 1 aromatic carbocycles. The summed E-state index contributed by atoms with van der Waals surface area (Å²) in [5.41, 5.74) is 3.70. The predicted molar refractivity (Wildman–Crippen MR) is 89.3 cm³/mol. The topological polar surface area (TPSA) is 82.0 Å². The molecule has 2 aromatic rings. The van der Waals surface area contributed by atoms with Crippen molar-refractivity contribution in [1.82, 2.24) is 10.4 Å². The third-order valence-electron chi connectivity index (χ3n) is 3.23. The number of carbonyl (C=O) groups excluding carboxylic acids is 1. The number of nitrogens with one attached hydrogen (secondary N) is 1. The van der Waals surface area contributed by atoms with E-state index in [1.807, 2.05) is 0 Å². The van der Waals surface area contributed by atoms with E-state index < -0.39 is 12.0 Å². The minimum Gasteiger partial charge on any atom is -0.493 e. The number of amides is 1. The molecule has 0 fully saturated rings. The zero-order chi connectivity index (χ0) is 17.4. The van der Waals surface area contributed by atoms with Crippen molar-refractivity contribution >= 4 is 12.1 Å². The lowest BCUT2D eigenvalue weighted by Crippen LogP contribution is -2.27. The molecule has 126 valence electrons. The van der Waals surface area contributed by atoms with Crippen LogP contribution in [0.4, 0.5) is 0 Å². The maximum atomic E-state index is 12.2. The molecule has 1 N–H and O–H groups in total. The molecule has 0 aliphatic rings. The van der Waals surface area contributed by atoms with Gasteiger partial charge in [0.25, 0.3) is 5.91 Å². The van der Waals surface area contributed by atoms with E-state index in [1.165, 1.54) is 13.3 Å². The minimum atomic E-state index is -0.825. The van der Waals surface area contributed by atoms with Gasteiger partial charge in [0.2, 0.25) is 0 Å². The first-order valence-corrected chi connectivity index (χ1v) is 7.18. The molecule has 24 heavy (non-hydrogen) atoms. The summed E-state index contributed by atoms with van der Waals surface area (Å²) in [7, 11) is 4.56. The summed E-state index contributed by atoms with van der Waals surface area (Å²) in [6.45, 7) is 0. The number of ether oxygens (including phenoxy) is 3. The van der Waals surface area contributed by atoms with Crippen LogP contribution in [0, 0.1) is 0 Å². The van der Waals surface area contributed by atoms with E-state index in [0.29, 0.717) is 17.2 Å². The summed E-state index contributed by atoms with van der Waals surface area (Å²) in [6.07, 6.45) is 2.28. The normalized spacial score (nSPS) is 12.0. The fourth-order valence-corrected chi connectivity index (χ4v) is 2.06. The van der Waals surface area contributed by atoms with Crippen molar-refractivity contribution in [2.45, 2.75) is 6.10 Å². The quantitative estimate of drug-likeness (QED) is 0.620. The average Bonchev–Trinajstić information content (AvgIpc) is 2.63. The van der Waals surface area contributed by atoms with Gasteiger partial charge in [0.05, 0.1) is 26.1 Å². The minimum absolute atomic E-state index is 0.409. The molecular formula is C17H19N3O4. The monoisotopic (exact) mass is 329 g/mol. The SMILES string of the molecule is COc1ccc(/C=N/NC(=O)C(OC)c2ccccn2)cc1OC. The van der Waals surface area contributed by atoms with Gasteiger partial charge in [0.1, 0.15) is 0 Å². The van der Waals surface area contributed by atoms with Gasteiger partial charge in [-0.15, -0.1) is 0 Å². The summed E-state index contributed by atoms with van der Waals surface area (Å²) in [5.74, 6) is 0.789. The van der Waals surface area contributed by atoms with Crippen LogP contribution >= 0.6 is 0 Å². The van der Waals surface area contributed by atoms with Gasteiger partial charge in [-0.2, -0.15) is 5.10 Å². The number of aromatic nitrogens is 1. The van der Waals surface area contributed by atoms with Crippen LogP contribution in [0.2, 0.25) is 0 Å². The molecule has 1 aromatic heterocycles. The largest absolute Gasteiger partial charge is 0.493 e. The molecule has 0 aliphatic heterocycles. The lowest BCUT2D eigenvalue weighted by atomic mass is 10.2. The van der Waals surface area contributed by atoms with E-state index in [-0.39, 0.29) is 0 Å². The van der Waals surface area contributed by atoms with E-state index in [4.69, 9.17) is 14.2 Å². The second kappa shape index (κ2) is 8.64. The molecule has 1 heterocycles. The molecule has 0 radical (unpaired) electrons. The van der Waals surface area contributed by atoms with Gasteiger partial charge < -0.3 is 14.2 Å². The Balaban J connectivity index is 2.04. The van der Waals surface area contributed by atoms with Crippen LogP contribution in [0.25, 0.3) is 0 Å². The summed E-state index contributed by atoms with van der Waals surface area (Å²) >= 11 is 0. The van der Waals surface area contributed by atoms with Crippen LogP contribution < -0.4 is 14.9 Å². The Labute approximate surface area is 140 Å². The summed E-state index contributed by atoms with van der Waals surface area (Å²) in [4.78, 5) is 16.3. The van der Waals surface area contributed by atoms with Gasteiger partial charge in [-0.3, -0.25) is 9.78 Å². The van der Waals surface area contributed by atoms with Crippen molar-refractivity contribution in [2.75, 3.05) is 21.3 Å². The second-order valence-electron chi connectivity index (χ2n) is 4.72. The van der Waals surface area contributed by atoms with Crippen molar-refractivity contribution in [3.05, 3.63) is 53.9 Å². The smallest absolute Gasteiger partial charge is 0.275 e. The second-order valence-corrected chi connectivity index (χ2v) is 4.72. The van der Waals surface area contributed by atoms with E-state index in [0.717, 1.165) is 5.56 Å². The Bertz CT molecular complexity index is 704. The molecule has 0 spiro atoms. The van der Waals surface area contributed by atoms with E-state index in [9.17, 15) is 4.79 Å². The lowest BCUT2D eigenvalue weighted by molar-refractivity contribution is -0.131. The van der Waals surface area contributed by atoms with Crippen molar-refractivity contribution in [3.8, 4) is 11.5 Å². The van der Waals surface area contributed by atoms with Crippen LogP contribution in [-0.2, 0) is 9.53 Å². The number of carbonyl (C=O) groups is 1. The molecule has 1 unspecified atom stereocenters. The van der Waals surface area contributed by atoms with E-state index >= 15 is 0 Å². The highest BCUT2D eigenvalue weighted by Gasteiger charge is 2.20. The zero-order valence-electron chi connectivity index (χ0n) is 13.7. The Kier molecular flexibility index (Phi) is 6.27. The molecule has 0 saturated carbocycles. The Hall–Kier alpha value is -2.93. The lowest BCUT2D eigenvalue weighted by Gasteiger charge is -2.12. The number of nitrogens with zero attached hydrogens (tertiary/aromatic N) is 2. The van der Waals surface area contributed by atoms with Crippen LogP contribution in [0.5, 0.6) is 11.5 Å². The Morgan fingerprint density at radius 2 is 1.96 bits per heavy atom. The van der Waals surface area contributed by atoms with Crippen LogP contribution in [0.15, 0.2) is 47.7 Å². The van der Waals surface area contributed by atoms with Gasteiger partial charge in [-0.25, -0.2) is 5.43 Å². The summed E-state index contributed by atoms with van der Waals surface area (Å²) in [5, 5.41) is 3.94. The molecule has 0 aliphatic carbocycles. The first-order valence-electron chi connectivity index (χ1n) is 7.18. The molecule has 1 atom stereocenters. The fourth-order valence-electron chi connectivity index (χ4n) is 2.06. The van der Waals surface area contributed by atoms with Crippen LogP contribution in [-0.4, -0.2) is 38.4 Å². The highest BCUT2D eigenvalue weighted by atomic mass is 16.5. The number of pyridine rings is 1. The molecule has 0 bridgehead atoms. The van der Waals surface area contributed by atoms with Crippen LogP contribution in [0.3, 0.4) is 0 Å². The van der Waals surface area contributed by atoms with Gasteiger partial charge in [0, 0.05) is 13.3 Å². The van der Waals surface area contributed by atoms with E-state index in [1.54, 1.807) is 56.8 Å². The average molecular weight is 329 g/mol. The van der Waals surface area contributed by atoms with E-state index in [2.05, 4.69) is 15.5 Å². The molecule has 2 rings (SSSR count). The first kappa shape index (κ1) is 17.4. The summed E-state index contributed by atoms with van der Waals surface area (Å²) < 4.78 is 15.6. The number of rotatable bonds is 7. The first-order chi connectivity index (χ1) is 11.7. The maximum Gasteiger partial charge on any atom is 0.275 e. The highest BCUT2D eigenvalue weighted by Crippen LogP contribution is 2.26. The Morgan fingerprint density at radius 1 is 1.17 bits per heavy atom. The van der Waals surface area contributed by atoms with Crippen molar-refractivity contribution in [3.63, 3.8) is 0 Å². The molecule has 7 nitrogen and oxygen atoms in total. The van der Waals surface area contributed by atoms with Crippen molar-refractivity contribution < 1.29 is 19.0 Å². The number of methoxy groups -OCH3 is 3. The number of benzene rings is 1. The highest BCUT2D eigenvalue weighted by molar-refractivity contribution is 5.85. The number of hydrogen-bond donors (Lipinski definition) is 1. The molecule has 7 heteroatoms. The van der Waals surface area contributed by atoms with Crippen molar-refractivity contribution in [1.29, 1.82) is 0 Å². The summed E-state index contributed by atoms with van der Waals surface area (Å²) in [6, 6.07) is 10.6. The van der Waals surface area contributed by atoms with Gasteiger partial charge in [-0.1, -0.05) is 6.07 Å². The van der Waals surface area contributed by atoms with Gasteiger partial charge in [0.15, 0.2) is 17.6 Å². The third-order valence-corrected chi connectivity index (χ3v) is 3.23. The van der Waals surface area contributed by atoms with Gasteiger partial charge >= 0.3 is 0 Å². The number of hydrazone groups is 1. The number of hydrogen-bond acceptors (Lipinski definition) is 6. The fraction of sp³-hybridized carbons (Fsp3) is 0.235. The maximum absolute atomic E-state index is 12.2. The standard InChI is InChI=1S/C17H19N3O4/c1-22-14-8-7-12(10-15(14)23-2)11-19-20-17(21)16(24-3)13-6-4-5-9-18-13/h4-11,16H,1-3H3,(H,20,21)/b19-11+. The molecular weight excluding hydrogens is 310 g/mol. The Morgan fingerprint density at radius 3 is 2.58 bits per heavy atom. The van der Waals surface area contributed by atoms with Crippen molar-refractivity contribution in [2.24, 2.45) is 5.10 Å². The predicted octanol–water partition coefficient (Wildman–Crippen LogP) is 1.94. The molecule has 0 saturated heterocycles.